The van der Waals surface area contributed by atoms with E-state index >= 15 is 0 Å². The Hall–Kier alpha value is -3.42. The number of carboxylic acid groups (broad SMARTS) is 1. The number of benzene rings is 3. The molecule has 5 rings (SSSR count). The zero-order valence-electron chi connectivity index (χ0n) is 20.5. The lowest BCUT2D eigenvalue weighted by Crippen LogP contribution is -2.36. The Balaban J connectivity index is 1.49. The monoisotopic (exact) mass is 536 g/mol. The Kier molecular flexibility index (Phi) is 6.92. The summed E-state index contributed by atoms with van der Waals surface area (Å²) in [5.74, 6) is -1.35. The van der Waals surface area contributed by atoms with Gasteiger partial charge in [0.1, 0.15) is 5.52 Å². The lowest BCUT2D eigenvalue weighted by Gasteiger charge is -2.30. The highest BCUT2D eigenvalue weighted by molar-refractivity contribution is 6.42. The van der Waals surface area contributed by atoms with Gasteiger partial charge in [-0.2, -0.15) is 0 Å². The second kappa shape index (κ2) is 10.1. The van der Waals surface area contributed by atoms with E-state index in [-0.39, 0.29) is 18.2 Å². The minimum absolute atomic E-state index is 0.0566. The van der Waals surface area contributed by atoms with Crippen LogP contribution < -0.4 is 0 Å². The first kappa shape index (κ1) is 25.2. The lowest BCUT2D eigenvalue weighted by molar-refractivity contribution is -0.137. The highest BCUT2D eigenvalue weighted by Gasteiger charge is 2.26. The molecule has 7 nitrogen and oxygen atoms in total. The lowest BCUT2D eigenvalue weighted by atomic mass is 9.83. The number of nitrogens with zero attached hydrogens (tertiary/aromatic N) is 4. The zero-order chi connectivity index (χ0) is 26.3. The van der Waals surface area contributed by atoms with Crippen LogP contribution in [-0.2, 0) is 24.3 Å². The van der Waals surface area contributed by atoms with E-state index in [9.17, 15) is 14.7 Å². The van der Waals surface area contributed by atoms with Crippen molar-refractivity contribution < 1.29 is 14.7 Å². The number of aryl methyl sites for hydroxylation is 2. The minimum Gasteiger partial charge on any atom is -0.481 e. The summed E-state index contributed by atoms with van der Waals surface area (Å²) in [7, 11) is 0. The number of aromatic nitrogens is 3. The second-order valence-electron chi connectivity index (χ2n) is 9.34. The minimum atomic E-state index is -0.879. The molecular weight excluding hydrogens is 511 g/mol. The summed E-state index contributed by atoms with van der Waals surface area (Å²) in [5, 5.41) is 19.1. The molecule has 190 valence electrons. The first-order valence-corrected chi connectivity index (χ1v) is 12.9. The molecule has 1 atom stereocenters. The molecule has 2 heterocycles. The molecule has 4 aromatic rings. The third-order valence-corrected chi connectivity index (χ3v) is 7.87. The van der Waals surface area contributed by atoms with Crippen molar-refractivity contribution in [3.05, 3.63) is 92.0 Å². The van der Waals surface area contributed by atoms with Crippen LogP contribution in [0.25, 0.3) is 11.0 Å². The SMILES string of the molecule is CCn1nnc2c(C)c(C(CC(=O)O)c3ccc4c(c3)CN(C(=O)c3ccc(Cl)c(Cl)c3)CC4)ccc21. The summed E-state index contributed by atoms with van der Waals surface area (Å²) in [4.78, 5) is 26.9. The molecule has 0 spiro atoms. The van der Waals surface area contributed by atoms with Gasteiger partial charge < -0.3 is 10.0 Å². The summed E-state index contributed by atoms with van der Waals surface area (Å²) in [6.45, 7) is 5.71. The third kappa shape index (κ3) is 4.81. The highest BCUT2D eigenvalue weighted by Crippen LogP contribution is 2.35. The number of carbonyl (C=O) groups is 2. The van der Waals surface area contributed by atoms with Crippen LogP contribution in [0.1, 0.15) is 57.4 Å². The van der Waals surface area contributed by atoms with E-state index in [1.165, 1.54) is 0 Å². The fourth-order valence-electron chi connectivity index (χ4n) is 5.15. The van der Waals surface area contributed by atoms with Gasteiger partial charge in [-0.25, -0.2) is 4.68 Å². The number of halogens is 2. The van der Waals surface area contributed by atoms with Gasteiger partial charge in [0.2, 0.25) is 0 Å². The molecule has 37 heavy (non-hydrogen) atoms. The zero-order valence-corrected chi connectivity index (χ0v) is 22.1. The maximum Gasteiger partial charge on any atom is 0.304 e. The van der Waals surface area contributed by atoms with Gasteiger partial charge in [-0.1, -0.05) is 52.7 Å². The van der Waals surface area contributed by atoms with Gasteiger partial charge in [0.15, 0.2) is 0 Å². The number of hydrogen-bond acceptors (Lipinski definition) is 4. The Morgan fingerprint density at radius 1 is 1.05 bits per heavy atom. The Morgan fingerprint density at radius 2 is 1.86 bits per heavy atom. The quantitative estimate of drug-likeness (QED) is 0.332. The van der Waals surface area contributed by atoms with Crippen LogP contribution in [0.5, 0.6) is 0 Å². The van der Waals surface area contributed by atoms with Crippen molar-refractivity contribution in [3.8, 4) is 0 Å². The maximum absolute atomic E-state index is 13.2. The predicted molar refractivity (Wildman–Crippen MR) is 143 cm³/mol. The van der Waals surface area contributed by atoms with Crippen LogP contribution in [0.3, 0.4) is 0 Å². The van der Waals surface area contributed by atoms with Gasteiger partial charge >= 0.3 is 5.97 Å². The molecule has 1 unspecified atom stereocenters. The van der Waals surface area contributed by atoms with Crippen LogP contribution in [0.15, 0.2) is 48.5 Å². The molecule has 1 N–H and O–H groups in total. The van der Waals surface area contributed by atoms with Crippen LogP contribution >= 0.6 is 23.2 Å². The number of rotatable bonds is 6. The first-order valence-electron chi connectivity index (χ1n) is 12.2. The topological polar surface area (TPSA) is 88.3 Å². The second-order valence-corrected chi connectivity index (χ2v) is 10.2. The molecule has 3 aromatic carbocycles. The molecular formula is C28H26Cl2N4O3. The third-order valence-electron chi connectivity index (χ3n) is 7.13. The van der Waals surface area contributed by atoms with E-state index in [1.54, 1.807) is 23.1 Å². The molecule has 1 aromatic heterocycles. The standard InChI is InChI=1S/C28H26Cl2N4O3/c1-3-34-25-9-7-21(16(2)27(25)31-32-34)22(14-26(35)36)18-5-4-17-10-11-33(15-20(17)12-18)28(37)19-6-8-23(29)24(30)13-19/h4-9,12-13,22H,3,10-11,14-15H2,1-2H3,(H,35,36). The molecule has 0 bridgehead atoms. The number of aliphatic carboxylic acids is 1. The fourth-order valence-corrected chi connectivity index (χ4v) is 5.45. The van der Waals surface area contributed by atoms with E-state index in [0.29, 0.717) is 35.2 Å². The van der Waals surface area contributed by atoms with Crippen LogP contribution in [0.4, 0.5) is 0 Å². The van der Waals surface area contributed by atoms with Gasteiger partial charge in [-0.05, 0) is 72.4 Å². The number of carboxylic acids is 1. The van der Waals surface area contributed by atoms with Gasteiger partial charge in [-0.3, -0.25) is 9.59 Å². The molecule has 0 saturated heterocycles. The Morgan fingerprint density at radius 3 is 2.59 bits per heavy atom. The average molecular weight is 537 g/mol. The molecule has 0 radical (unpaired) electrons. The number of hydrogen-bond donors (Lipinski definition) is 1. The van der Waals surface area contributed by atoms with Crippen molar-refractivity contribution in [1.82, 2.24) is 19.9 Å². The summed E-state index contributed by atoms with van der Waals surface area (Å²) in [6.07, 6.45) is 0.663. The predicted octanol–water partition coefficient (Wildman–Crippen LogP) is 5.87. The molecule has 1 aliphatic rings. The van der Waals surface area contributed by atoms with Gasteiger partial charge in [0.25, 0.3) is 5.91 Å². The van der Waals surface area contributed by atoms with Gasteiger partial charge in [0.05, 0.1) is 22.0 Å². The number of carbonyl (C=O) groups excluding carboxylic acids is 1. The average Bonchev–Trinajstić information content (AvgIpc) is 3.32. The van der Waals surface area contributed by atoms with Crippen molar-refractivity contribution in [3.63, 3.8) is 0 Å². The van der Waals surface area contributed by atoms with Crippen molar-refractivity contribution in [1.29, 1.82) is 0 Å². The smallest absolute Gasteiger partial charge is 0.304 e. The number of amides is 1. The summed E-state index contributed by atoms with van der Waals surface area (Å²) in [5.41, 5.74) is 7.12. The van der Waals surface area contributed by atoms with Crippen molar-refractivity contribution in [2.45, 2.75) is 45.7 Å². The van der Waals surface area contributed by atoms with E-state index in [4.69, 9.17) is 23.2 Å². The molecule has 9 heteroatoms. The molecule has 0 saturated carbocycles. The van der Waals surface area contributed by atoms with E-state index in [0.717, 1.165) is 45.3 Å². The van der Waals surface area contributed by atoms with E-state index in [2.05, 4.69) is 16.4 Å². The van der Waals surface area contributed by atoms with Crippen LogP contribution in [-0.4, -0.2) is 43.4 Å². The Labute approximate surface area is 224 Å². The molecule has 0 fully saturated rings. The highest BCUT2D eigenvalue weighted by atomic mass is 35.5. The van der Waals surface area contributed by atoms with E-state index in [1.807, 2.05) is 42.8 Å². The van der Waals surface area contributed by atoms with Gasteiger partial charge in [-0.15, -0.1) is 5.10 Å². The summed E-state index contributed by atoms with van der Waals surface area (Å²) < 4.78 is 1.83. The molecule has 1 amide bonds. The summed E-state index contributed by atoms with van der Waals surface area (Å²) >= 11 is 12.1. The van der Waals surface area contributed by atoms with Crippen molar-refractivity contribution in [2.75, 3.05) is 6.54 Å². The van der Waals surface area contributed by atoms with Crippen molar-refractivity contribution >= 4 is 46.1 Å². The fraction of sp³-hybridized carbons (Fsp3) is 0.286. The first-order chi connectivity index (χ1) is 17.8. The van der Waals surface area contributed by atoms with E-state index < -0.39 is 5.97 Å². The normalized spacial score (nSPS) is 14.0. The molecule has 0 aliphatic carbocycles. The van der Waals surface area contributed by atoms with Crippen LogP contribution in [0.2, 0.25) is 10.0 Å². The summed E-state index contributed by atoms with van der Waals surface area (Å²) in [6, 6.07) is 15.0. The molecule has 1 aliphatic heterocycles. The number of fused-ring (bicyclic) bond motifs is 2. The Bertz CT molecular complexity index is 1530. The largest absolute Gasteiger partial charge is 0.481 e. The van der Waals surface area contributed by atoms with Gasteiger partial charge in [0, 0.05) is 31.1 Å². The maximum atomic E-state index is 13.2. The van der Waals surface area contributed by atoms with Crippen molar-refractivity contribution in [2.24, 2.45) is 0 Å². The van der Waals surface area contributed by atoms with Crippen LogP contribution in [0, 0.1) is 6.92 Å².